The molecule has 0 unspecified atom stereocenters. The Morgan fingerprint density at radius 2 is 1.76 bits per heavy atom. The lowest BCUT2D eigenvalue weighted by Crippen LogP contribution is -2.00. The molecule has 0 amide bonds. The number of carbonyl (C=O) groups is 1. The number of aromatic amines is 1. The van der Waals surface area contributed by atoms with Crippen LogP contribution in [0.25, 0.3) is 28.1 Å². The van der Waals surface area contributed by atoms with Gasteiger partial charge in [0.2, 0.25) is 0 Å². The minimum Gasteiger partial charge on any atom is -0.478 e. The van der Waals surface area contributed by atoms with E-state index < -0.39 is 16.7 Å². The summed E-state index contributed by atoms with van der Waals surface area (Å²) in [6, 6.07) is 21.3. The fourth-order valence-electron chi connectivity index (χ4n) is 4.14. The van der Waals surface area contributed by atoms with Crippen LogP contribution in [-0.4, -0.2) is 29.7 Å². The second kappa shape index (κ2) is 10.3. The number of carboxylic acids is 1. The highest BCUT2D eigenvalue weighted by molar-refractivity contribution is 7.71. The Balaban J connectivity index is 1.95. The molecule has 2 N–H and O–H groups in total. The van der Waals surface area contributed by atoms with E-state index in [0.717, 1.165) is 55.9 Å². The number of nitrogens with zero attached hydrogens (tertiary/aromatic N) is 1. The summed E-state index contributed by atoms with van der Waals surface area (Å²) in [7, 11) is -2.57. The fraction of sp³-hybridized carbons (Fsp3) is 0.111. The molecule has 0 spiro atoms. The molecular formula is C27H24N2O4S. The van der Waals surface area contributed by atoms with E-state index in [1.54, 1.807) is 12.3 Å². The maximum Gasteiger partial charge on any atom is 0.328 e. The van der Waals surface area contributed by atoms with Crippen molar-refractivity contribution in [1.29, 1.82) is 0 Å². The number of thiol groups is 1. The van der Waals surface area contributed by atoms with Gasteiger partial charge in [-0.15, -0.1) is 0 Å². The lowest BCUT2D eigenvalue weighted by molar-refractivity contribution is -0.131. The first kappa shape index (κ1) is 23.2. The minimum atomic E-state index is -2.57. The van der Waals surface area contributed by atoms with Gasteiger partial charge >= 0.3 is 5.97 Å². The normalized spacial score (nSPS) is 12.4. The molecule has 0 radical (unpaired) electrons. The Hall–Kier alpha value is -3.97. The summed E-state index contributed by atoms with van der Waals surface area (Å²) in [6.45, 7) is 2.06. The second-order valence-corrected chi connectivity index (χ2v) is 8.80. The lowest BCUT2D eigenvalue weighted by Gasteiger charge is -2.18. The molecule has 4 rings (SSSR count). The van der Waals surface area contributed by atoms with Crippen molar-refractivity contribution in [3.8, 4) is 0 Å². The van der Waals surface area contributed by atoms with Crippen molar-refractivity contribution >= 4 is 44.8 Å². The number of carboxylic acid groups (broad SMARTS) is 1. The number of aliphatic carboxylic acids is 1. The van der Waals surface area contributed by atoms with Crippen LogP contribution in [0.5, 0.6) is 0 Å². The van der Waals surface area contributed by atoms with Gasteiger partial charge in [0.15, 0.2) is 0 Å². The number of benzene rings is 3. The summed E-state index contributed by atoms with van der Waals surface area (Å²) in [6.07, 6.45) is 5.12. The molecule has 172 valence electrons. The zero-order valence-corrected chi connectivity index (χ0v) is 19.5. The predicted molar refractivity (Wildman–Crippen MR) is 136 cm³/mol. The van der Waals surface area contributed by atoms with Gasteiger partial charge in [0, 0.05) is 11.5 Å². The quantitative estimate of drug-likeness (QED) is 0.187. The van der Waals surface area contributed by atoms with Crippen LogP contribution < -0.4 is 0 Å². The third-order valence-electron chi connectivity index (χ3n) is 5.64. The molecule has 1 aromatic heterocycles. The van der Waals surface area contributed by atoms with E-state index in [2.05, 4.69) is 23.2 Å². The van der Waals surface area contributed by atoms with Crippen molar-refractivity contribution in [1.82, 2.24) is 10.2 Å². The standard InChI is InChI=1S/C27H24N2O4S/c1-2-23(24-6-4-3-5-21(24)17-34(32)33)27(20-12-13-25-22(15-20)16-28-29-25)19-10-7-18(8-11-19)9-14-26(30)31/h3-16,34H,2,17H2,1H3,(H,28,29)(H,30,31)/b14-9+,27-23+. The smallest absolute Gasteiger partial charge is 0.328 e. The van der Waals surface area contributed by atoms with E-state index in [0.29, 0.717) is 6.42 Å². The zero-order chi connectivity index (χ0) is 24.1. The average molecular weight is 473 g/mol. The van der Waals surface area contributed by atoms with E-state index in [-0.39, 0.29) is 5.75 Å². The van der Waals surface area contributed by atoms with Crippen LogP contribution in [0.4, 0.5) is 0 Å². The first-order chi connectivity index (χ1) is 16.5. The van der Waals surface area contributed by atoms with Crippen LogP contribution in [0.2, 0.25) is 0 Å². The number of allylic oxidation sites excluding steroid dienone is 1. The Morgan fingerprint density at radius 3 is 2.47 bits per heavy atom. The maximum absolute atomic E-state index is 11.6. The molecule has 0 fully saturated rings. The fourth-order valence-corrected chi connectivity index (χ4v) is 4.69. The third-order valence-corrected chi connectivity index (χ3v) is 6.24. The predicted octanol–water partition coefficient (Wildman–Crippen LogP) is 5.14. The van der Waals surface area contributed by atoms with Gasteiger partial charge in [0.1, 0.15) is 10.7 Å². The molecular weight excluding hydrogens is 448 g/mol. The van der Waals surface area contributed by atoms with Gasteiger partial charge < -0.3 is 5.11 Å². The maximum atomic E-state index is 11.6. The summed E-state index contributed by atoms with van der Waals surface area (Å²) in [5.41, 5.74) is 7.34. The summed E-state index contributed by atoms with van der Waals surface area (Å²) >= 11 is 0. The topological polar surface area (TPSA) is 100 Å². The number of aromatic nitrogens is 2. The van der Waals surface area contributed by atoms with Crippen molar-refractivity contribution in [3.63, 3.8) is 0 Å². The lowest BCUT2D eigenvalue weighted by atomic mass is 9.86. The van der Waals surface area contributed by atoms with E-state index in [9.17, 15) is 13.2 Å². The first-order valence-corrected chi connectivity index (χ1v) is 12.2. The monoisotopic (exact) mass is 472 g/mol. The van der Waals surface area contributed by atoms with Gasteiger partial charge in [0.25, 0.3) is 0 Å². The molecule has 0 aliphatic carbocycles. The minimum absolute atomic E-state index is 0.0258. The molecule has 0 aliphatic rings. The highest BCUT2D eigenvalue weighted by Gasteiger charge is 2.16. The highest BCUT2D eigenvalue weighted by Crippen LogP contribution is 2.37. The summed E-state index contributed by atoms with van der Waals surface area (Å²) < 4.78 is 23.1. The van der Waals surface area contributed by atoms with Crippen molar-refractivity contribution in [3.05, 3.63) is 107 Å². The molecule has 0 saturated carbocycles. The molecule has 6 nitrogen and oxygen atoms in total. The average Bonchev–Trinajstić information content (AvgIpc) is 3.30. The summed E-state index contributed by atoms with van der Waals surface area (Å²) in [5, 5.41) is 17.0. The summed E-state index contributed by atoms with van der Waals surface area (Å²) in [5.74, 6) is -1.03. The number of fused-ring (bicyclic) bond motifs is 1. The van der Waals surface area contributed by atoms with Crippen LogP contribution in [0, 0.1) is 0 Å². The molecule has 0 saturated heterocycles. The Kier molecular flexibility index (Phi) is 7.04. The third kappa shape index (κ3) is 5.15. The van der Waals surface area contributed by atoms with E-state index in [4.69, 9.17) is 5.11 Å². The van der Waals surface area contributed by atoms with Gasteiger partial charge in [-0.1, -0.05) is 61.5 Å². The molecule has 0 atom stereocenters. The number of hydrogen-bond donors (Lipinski definition) is 3. The van der Waals surface area contributed by atoms with Crippen molar-refractivity contribution < 1.29 is 18.3 Å². The van der Waals surface area contributed by atoms with Crippen molar-refractivity contribution in [2.24, 2.45) is 0 Å². The first-order valence-electron chi connectivity index (χ1n) is 10.8. The van der Waals surface area contributed by atoms with Gasteiger partial charge in [-0.05, 0) is 63.6 Å². The van der Waals surface area contributed by atoms with E-state index in [1.165, 1.54) is 0 Å². The molecule has 34 heavy (non-hydrogen) atoms. The molecule has 0 bridgehead atoms. The Morgan fingerprint density at radius 1 is 1.03 bits per heavy atom. The molecule has 3 aromatic carbocycles. The Labute approximate surface area is 199 Å². The second-order valence-electron chi connectivity index (χ2n) is 7.82. The van der Waals surface area contributed by atoms with Gasteiger partial charge in [-0.3, -0.25) is 5.10 Å². The van der Waals surface area contributed by atoms with Gasteiger partial charge in [0.05, 0.1) is 17.5 Å². The van der Waals surface area contributed by atoms with Crippen LogP contribution in [0.3, 0.4) is 0 Å². The van der Waals surface area contributed by atoms with Gasteiger partial charge in [-0.2, -0.15) is 5.10 Å². The zero-order valence-electron chi connectivity index (χ0n) is 18.6. The van der Waals surface area contributed by atoms with Crippen LogP contribution in [0.1, 0.15) is 41.2 Å². The molecule has 7 heteroatoms. The van der Waals surface area contributed by atoms with E-state index >= 15 is 0 Å². The van der Waals surface area contributed by atoms with Crippen LogP contribution >= 0.6 is 0 Å². The Bertz CT molecular complexity index is 1470. The van der Waals surface area contributed by atoms with Crippen molar-refractivity contribution in [2.45, 2.75) is 19.1 Å². The number of H-pyrrole nitrogens is 1. The van der Waals surface area contributed by atoms with Crippen LogP contribution in [0.15, 0.2) is 79.0 Å². The van der Waals surface area contributed by atoms with E-state index in [1.807, 2.05) is 60.7 Å². The molecule has 0 aliphatic heterocycles. The number of hydrogen-bond acceptors (Lipinski definition) is 4. The van der Waals surface area contributed by atoms with Crippen molar-refractivity contribution in [2.75, 3.05) is 0 Å². The molecule has 4 aromatic rings. The largest absolute Gasteiger partial charge is 0.478 e. The number of rotatable bonds is 8. The summed E-state index contributed by atoms with van der Waals surface area (Å²) in [4.78, 5) is 10.9. The molecule has 1 heterocycles. The highest BCUT2D eigenvalue weighted by atomic mass is 32.2. The van der Waals surface area contributed by atoms with Crippen LogP contribution in [-0.2, 0) is 21.3 Å². The SMILES string of the molecule is CC/C(=C(/c1ccc(/C=C/C(=O)O)cc1)c1ccc2[nH]ncc2c1)c1ccccc1C[SH](=O)=O. The van der Waals surface area contributed by atoms with Gasteiger partial charge in [-0.25, -0.2) is 13.2 Å². The number of nitrogens with one attached hydrogen (secondary N) is 1.